The lowest BCUT2D eigenvalue weighted by Gasteiger charge is -2.42. The number of halogens is 1. The quantitative estimate of drug-likeness (QED) is 0.0337. The molecule has 0 radical (unpaired) electrons. The third kappa shape index (κ3) is 28.4. The Labute approximate surface area is 636 Å². The normalized spacial score (nSPS) is 17.0. The summed E-state index contributed by atoms with van der Waals surface area (Å²) in [5, 5.41) is 10.6. The third-order valence-corrected chi connectivity index (χ3v) is 33.4. The molecule has 3 aromatic heterocycles. The molecular weight excluding hydrogens is 1460 g/mol. The molecule has 3 aromatic rings. The van der Waals surface area contributed by atoms with Crippen molar-refractivity contribution in [1.82, 2.24) is 59.7 Å². The summed E-state index contributed by atoms with van der Waals surface area (Å²) in [5.41, 5.74) is 16.5. The number of carbonyl (C=O) groups is 5. The van der Waals surface area contributed by atoms with Gasteiger partial charge in [0.25, 0.3) is 0 Å². The van der Waals surface area contributed by atoms with Crippen molar-refractivity contribution in [2.45, 2.75) is 228 Å². The van der Waals surface area contributed by atoms with Crippen LogP contribution in [0.4, 0.5) is 38.8 Å². The van der Waals surface area contributed by atoms with Crippen LogP contribution in [0.1, 0.15) is 144 Å². The molecule has 35 heteroatoms. The average molecular weight is 1580 g/mol. The first-order chi connectivity index (χ1) is 48.7. The molecule has 105 heavy (non-hydrogen) atoms. The van der Waals surface area contributed by atoms with Gasteiger partial charge in [0.1, 0.15) is 29.3 Å². The van der Waals surface area contributed by atoms with Crippen LogP contribution in [-0.4, -0.2) is 257 Å². The zero-order valence-corrected chi connectivity index (χ0v) is 72.0. The second kappa shape index (κ2) is 39.9. The molecule has 0 bridgehead atoms. The van der Waals surface area contributed by atoms with Crippen molar-refractivity contribution in [3.05, 3.63) is 62.5 Å². The molecule has 3 fully saturated rings. The van der Waals surface area contributed by atoms with Gasteiger partial charge in [-0.05, 0) is 142 Å². The van der Waals surface area contributed by atoms with E-state index in [4.69, 9.17) is 33.8 Å². The number of piperazine rings is 3. The summed E-state index contributed by atoms with van der Waals surface area (Å²) < 4.78 is 31.1. The maximum absolute atomic E-state index is 13.9. The molecule has 6 rings (SSSR count). The molecule has 1 N–H and O–H groups in total. The number of carbonyl (C=O) groups excluding carboxylic acids is 5. The van der Waals surface area contributed by atoms with Gasteiger partial charge in [-0.15, -0.1) is 0 Å². The van der Waals surface area contributed by atoms with E-state index in [1.54, 1.807) is 43.0 Å². The maximum atomic E-state index is 13.9. The predicted octanol–water partition coefficient (Wildman–Crippen LogP) is 13.5. The van der Waals surface area contributed by atoms with Crippen molar-refractivity contribution < 1.29 is 46.7 Å². The van der Waals surface area contributed by atoms with Crippen LogP contribution in [0.3, 0.4) is 0 Å². The van der Waals surface area contributed by atoms with Gasteiger partial charge in [-0.2, -0.15) is 0 Å². The summed E-state index contributed by atoms with van der Waals surface area (Å²) >= 11 is 3.36. The standard InChI is InChI=1S/C25H44BrN5O4Si.C25H44N8O4Si.C20H36N8O2Si/c1-10-11-29(14-15-34-36(8,9)25(5,6)7)21(32)20-18-30(22-27-16-19(26)17-28-22)12-13-31(20)23(33)35-24(2,3)4;1-10-11-31(14-15-36-38(8,9)25(5,6)7)21(34)20-18-32(22-27-16-19(17-28-22)29-30-26)12-13-33(20)23(35)37-24(2,3)4;1-7-9-27(11-12-30-31(5,6)20(2,3)4)18(29)17-15-28(10-8-22-17)19-23-13-16(14-24-19)25-26-21/h16-17,20H,10-15,18H2,1-9H3;16-17,20H,10-15,18H2,1-9H3;13-14,17,22H,7-12,15H2,1-6H3/t2*20-;17-/m111/s1. The van der Waals surface area contributed by atoms with Crippen molar-refractivity contribution in [2.75, 3.05) is 133 Å². The summed E-state index contributed by atoms with van der Waals surface area (Å²) in [4.78, 5) is 113. The van der Waals surface area contributed by atoms with E-state index in [0.717, 1.165) is 23.7 Å². The van der Waals surface area contributed by atoms with Crippen molar-refractivity contribution in [2.24, 2.45) is 10.2 Å². The molecule has 3 aliphatic heterocycles. The van der Waals surface area contributed by atoms with E-state index < -0.39 is 60.4 Å². The van der Waals surface area contributed by atoms with Gasteiger partial charge in [-0.1, -0.05) is 93.3 Å². The summed E-state index contributed by atoms with van der Waals surface area (Å²) in [6, 6.07) is -1.81. The van der Waals surface area contributed by atoms with E-state index in [9.17, 15) is 24.0 Å². The maximum Gasteiger partial charge on any atom is 0.411 e. The number of rotatable bonds is 26. The lowest BCUT2D eigenvalue weighted by Crippen LogP contribution is -2.62. The SMILES string of the molecule is CCCN(CCO[Si](C)(C)C(C)(C)C)C(=O)[C@H]1CN(c2ncc(Br)cn2)CCN1C(=O)OC(C)(C)C.CCCN(CCO[Si](C)(C)C(C)(C)C)C(=O)[C@H]1CN(c2ncc(N=[N+]=[N-])cn2)CCN1.CCCN(CCO[Si](C)(C)C(C)(C)C)C(=O)[C@H]1CN(c2ncc(N=[N+]=[N-])cn2)CCN1C(=O)OC(C)(C)C. The minimum Gasteiger partial charge on any atom is -0.444 e. The molecule has 0 spiro atoms. The van der Waals surface area contributed by atoms with Crippen molar-refractivity contribution in [3.8, 4) is 0 Å². The number of anilines is 3. The van der Waals surface area contributed by atoms with E-state index in [1.165, 1.54) is 29.7 Å². The van der Waals surface area contributed by atoms with E-state index in [1.807, 2.05) is 59.1 Å². The van der Waals surface area contributed by atoms with Crippen LogP contribution in [0, 0.1) is 0 Å². The largest absolute Gasteiger partial charge is 0.444 e. The van der Waals surface area contributed by atoms with Crippen LogP contribution in [0.2, 0.25) is 54.4 Å². The zero-order valence-electron chi connectivity index (χ0n) is 67.5. The molecule has 588 valence electrons. The molecule has 3 saturated heterocycles. The Morgan fingerprint density at radius 3 is 1.09 bits per heavy atom. The summed E-state index contributed by atoms with van der Waals surface area (Å²) in [7, 11) is -5.75. The number of nitrogens with zero attached hydrogens (tertiary/aromatic N) is 20. The van der Waals surface area contributed by atoms with Gasteiger partial charge in [0.05, 0.1) is 48.8 Å². The Balaban J connectivity index is 0.000000335. The van der Waals surface area contributed by atoms with Crippen LogP contribution in [-0.2, 0) is 37.1 Å². The lowest BCUT2D eigenvalue weighted by atomic mass is 10.1. The van der Waals surface area contributed by atoms with Gasteiger partial charge < -0.3 is 57.5 Å². The molecule has 0 unspecified atom stereocenters. The van der Waals surface area contributed by atoms with Gasteiger partial charge in [0.15, 0.2) is 25.0 Å². The van der Waals surface area contributed by atoms with E-state index in [0.29, 0.717) is 134 Å². The van der Waals surface area contributed by atoms with Gasteiger partial charge in [-0.25, -0.2) is 39.5 Å². The summed E-state index contributed by atoms with van der Waals surface area (Å²) in [6.07, 6.45) is 10.7. The number of azide groups is 2. The molecule has 3 aliphatic rings. The smallest absolute Gasteiger partial charge is 0.411 e. The highest BCUT2D eigenvalue weighted by atomic mass is 79.9. The van der Waals surface area contributed by atoms with Crippen LogP contribution < -0.4 is 20.0 Å². The Kier molecular flexibility index (Phi) is 34.4. The molecule has 5 amide bonds. The van der Waals surface area contributed by atoms with Crippen LogP contribution in [0.15, 0.2) is 51.9 Å². The molecule has 0 aromatic carbocycles. The van der Waals surface area contributed by atoms with Crippen LogP contribution >= 0.6 is 15.9 Å². The van der Waals surface area contributed by atoms with Crippen LogP contribution in [0.5, 0.6) is 0 Å². The summed E-state index contributed by atoms with van der Waals surface area (Å²) in [6.45, 7) is 58.8. The molecule has 0 aliphatic carbocycles. The zero-order chi connectivity index (χ0) is 79.1. The first-order valence-corrected chi connectivity index (χ1v) is 46.2. The minimum atomic E-state index is -1.97. The fourth-order valence-electron chi connectivity index (χ4n) is 10.5. The lowest BCUT2D eigenvalue weighted by molar-refractivity contribution is -0.138. The molecule has 0 saturated carbocycles. The molecule has 3 atom stereocenters. The average Bonchev–Trinajstić information content (AvgIpc) is 0.795. The molecule has 6 heterocycles. The Bertz CT molecular complexity index is 3360. The summed E-state index contributed by atoms with van der Waals surface area (Å²) in [5.74, 6) is 1.26. The van der Waals surface area contributed by atoms with Gasteiger partial charge >= 0.3 is 12.2 Å². The second-order valence-electron chi connectivity index (χ2n) is 33.1. The fraction of sp³-hybridized carbons (Fsp3) is 0.757. The third-order valence-electron chi connectivity index (χ3n) is 19.4. The number of amides is 5. The molecular formula is C70H124BrN21O10Si3. The first kappa shape index (κ1) is 90.6. The Morgan fingerprint density at radius 1 is 0.486 bits per heavy atom. The highest BCUT2D eigenvalue weighted by Gasteiger charge is 2.45. The van der Waals surface area contributed by atoms with E-state index in [-0.39, 0.29) is 52.0 Å². The first-order valence-electron chi connectivity index (χ1n) is 36.7. The minimum absolute atomic E-state index is 0.0675. The van der Waals surface area contributed by atoms with Gasteiger partial charge in [0.2, 0.25) is 35.6 Å². The monoisotopic (exact) mass is 1580 g/mol. The number of aromatic nitrogens is 6. The highest BCUT2D eigenvalue weighted by Crippen LogP contribution is 2.39. The van der Waals surface area contributed by atoms with Crippen LogP contribution in [0.25, 0.3) is 20.9 Å². The van der Waals surface area contributed by atoms with Gasteiger partial charge in [0, 0.05) is 132 Å². The van der Waals surface area contributed by atoms with Crippen molar-refractivity contribution in [1.29, 1.82) is 0 Å². The van der Waals surface area contributed by atoms with E-state index in [2.05, 4.69) is 180 Å². The molecule has 31 nitrogen and oxygen atoms in total. The van der Waals surface area contributed by atoms with Crippen molar-refractivity contribution >= 4 is 100 Å². The predicted molar refractivity (Wildman–Crippen MR) is 423 cm³/mol. The van der Waals surface area contributed by atoms with E-state index >= 15 is 0 Å². The van der Waals surface area contributed by atoms with Gasteiger partial charge in [-0.3, -0.25) is 24.2 Å². The number of nitrogens with one attached hydrogen (secondary N) is 1. The Hall–Kier alpha value is -6.82. The number of ether oxygens (including phenoxy) is 2. The fourth-order valence-corrected chi connectivity index (χ4v) is 13.8. The van der Waals surface area contributed by atoms with Crippen molar-refractivity contribution in [3.63, 3.8) is 0 Å². The number of hydrogen-bond donors (Lipinski definition) is 1. The second-order valence-corrected chi connectivity index (χ2v) is 48.4. The highest BCUT2D eigenvalue weighted by molar-refractivity contribution is 9.10. The topological polar surface area (TPSA) is 344 Å². The number of hydrogen-bond acceptors (Lipinski definition) is 22. The Morgan fingerprint density at radius 2 is 0.790 bits per heavy atom.